The van der Waals surface area contributed by atoms with E-state index in [1.165, 1.54) is 12.2 Å². The van der Waals surface area contributed by atoms with Crippen molar-refractivity contribution < 1.29 is 31.1 Å². The first-order chi connectivity index (χ1) is 8.84. The molecule has 0 spiro atoms. The number of allylic oxidation sites excluding steroid dienone is 4. The largest absolute Gasteiger partial charge is 0.467 e. The molecule has 0 N–H and O–H groups in total. The Morgan fingerprint density at radius 2 is 1.05 bits per heavy atom. The van der Waals surface area contributed by atoms with E-state index in [4.69, 9.17) is 0 Å². The summed E-state index contributed by atoms with van der Waals surface area (Å²) in [6, 6.07) is 0. The first-order valence-electron chi connectivity index (χ1n) is 4.77. The summed E-state index contributed by atoms with van der Waals surface area (Å²) in [6.07, 6.45) is -1.20. The highest BCUT2D eigenvalue weighted by Gasteiger charge is 1.98. The van der Waals surface area contributed by atoms with Gasteiger partial charge in [0.2, 0.25) is 0 Å². The van der Waals surface area contributed by atoms with Crippen LogP contribution in [0.25, 0.3) is 0 Å². The van der Waals surface area contributed by atoms with E-state index in [-0.39, 0.29) is 12.8 Å². The van der Waals surface area contributed by atoms with E-state index in [1.54, 1.807) is 0 Å². The maximum absolute atomic E-state index is 12.5. The summed E-state index contributed by atoms with van der Waals surface area (Å²) >= 11 is 0. The van der Waals surface area contributed by atoms with Gasteiger partial charge in [-0.1, -0.05) is 12.2 Å². The van der Waals surface area contributed by atoms with E-state index in [9.17, 15) is 26.3 Å². The van der Waals surface area contributed by atoms with E-state index in [2.05, 4.69) is 17.9 Å². The molecule has 0 saturated heterocycles. The number of halogens is 6. The zero-order chi connectivity index (χ0) is 15.3. The fourth-order valence-electron chi connectivity index (χ4n) is 0.554. The highest BCUT2D eigenvalue weighted by molar-refractivity contribution is 4.97. The van der Waals surface area contributed by atoms with E-state index in [0.29, 0.717) is 0 Å². The first kappa shape index (κ1) is 19.4. The fraction of sp³-hybridized carbons (Fsp3) is 0.167. The van der Waals surface area contributed by atoms with Gasteiger partial charge in [-0.2, -0.15) is 17.6 Å². The number of ether oxygens (including phenoxy) is 1. The Morgan fingerprint density at radius 1 is 0.737 bits per heavy atom. The molecule has 0 bridgehead atoms. The van der Waals surface area contributed by atoms with Crippen molar-refractivity contribution in [3.8, 4) is 0 Å². The van der Waals surface area contributed by atoms with E-state index in [1.807, 2.05) is 0 Å². The van der Waals surface area contributed by atoms with E-state index in [0.717, 1.165) is 12.5 Å². The molecule has 0 aliphatic carbocycles. The van der Waals surface area contributed by atoms with Crippen molar-refractivity contribution in [2.45, 2.75) is 12.8 Å². The van der Waals surface area contributed by atoms with Crippen LogP contribution in [-0.4, -0.2) is 0 Å². The van der Waals surface area contributed by atoms with Gasteiger partial charge in [-0.25, -0.2) is 8.78 Å². The van der Waals surface area contributed by atoms with Crippen LogP contribution in [0.5, 0.6) is 0 Å². The van der Waals surface area contributed by atoms with E-state index >= 15 is 0 Å². The predicted octanol–water partition coefficient (Wildman–Crippen LogP) is 5.77. The average molecular weight is 286 g/mol. The molecule has 0 unspecified atom stereocenters. The molecule has 0 heterocycles. The Balaban J connectivity index is 0. The second kappa shape index (κ2) is 12.5. The number of hydrogen-bond acceptors (Lipinski definition) is 1. The molecular weight excluding hydrogens is 274 g/mol. The van der Waals surface area contributed by atoms with Gasteiger partial charge in [-0.05, 0) is 0 Å². The monoisotopic (exact) mass is 286 g/mol. The summed E-state index contributed by atoms with van der Waals surface area (Å²) in [4.78, 5) is 0. The molecule has 0 rings (SSSR count). The van der Waals surface area contributed by atoms with Crippen molar-refractivity contribution in [2.75, 3.05) is 0 Å². The molecule has 0 aliphatic rings. The second-order valence-corrected chi connectivity index (χ2v) is 2.77. The molecule has 0 saturated carbocycles. The maximum atomic E-state index is 12.5. The highest BCUT2D eigenvalue weighted by Crippen LogP contribution is 2.08. The Morgan fingerprint density at radius 3 is 1.26 bits per heavy atom. The van der Waals surface area contributed by atoms with Crippen LogP contribution >= 0.6 is 0 Å². The maximum Gasteiger partial charge on any atom is 0.334 e. The van der Waals surface area contributed by atoms with Crippen LogP contribution in [0.2, 0.25) is 0 Å². The molecule has 0 aliphatic heterocycles. The van der Waals surface area contributed by atoms with Crippen LogP contribution in [0.1, 0.15) is 12.8 Å². The lowest BCUT2D eigenvalue weighted by atomic mass is 10.4. The lowest BCUT2D eigenvalue weighted by Crippen LogP contribution is -1.76. The summed E-state index contributed by atoms with van der Waals surface area (Å²) in [6.45, 7) is 6.67. The SMILES string of the molecule is C=CCC(F)=COC=C(F)CC=C.FC(F)=C(F)F. The molecule has 0 radical (unpaired) electrons. The van der Waals surface area contributed by atoms with Crippen molar-refractivity contribution in [1.82, 2.24) is 0 Å². The molecule has 108 valence electrons. The van der Waals surface area contributed by atoms with Crippen LogP contribution in [0.3, 0.4) is 0 Å². The lowest BCUT2D eigenvalue weighted by Gasteiger charge is -1.93. The molecule has 0 fully saturated rings. The lowest BCUT2D eigenvalue weighted by molar-refractivity contribution is 0.308. The molecule has 0 aromatic carbocycles. The number of rotatable bonds is 6. The van der Waals surface area contributed by atoms with Crippen LogP contribution in [0, 0.1) is 0 Å². The normalized spacial score (nSPS) is 11.1. The predicted molar refractivity (Wildman–Crippen MR) is 60.6 cm³/mol. The van der Waals surface area contributed by atoms with Crippen LogP contribution < -0.4 is 0 Å². The van der Waals surface area contributed by atoms with Crippen molar-refractivity contribution in [3.05, 3.63) is 61.6 Å². The molecular formula is C12H12F6O. The third-order valence-electron chi connectivity index (χ3n) is 1.21. The summed E-state index contributed by atoms with van der Waals surface area (Å²) in [5, 5.41) is 0. The zero-order valence-corrected chi connectivity index (χ0v) is 9.81. The van der Waals surface area contributed by atoms with Gasteiger partial charge in [0.25, 0.3) is 0 Å². The third kappa shape index (κ3) is 16.1. The minimum absolute atomic E-state index is 0.0803. The van der Waals surface area contributed by atoms with Crippen LogP contribution in [0.15, 0.2) is 61.6 Å². The van der Waals surface area contributed by atoms with Gasteiger partial charge >= 0.3 is 12.2 Å². The van der Waals surface area contributed by atoms with Crippen LogP contribution in [0.4, 0.5) is 26.3 Å². The quantitative estimate of drug-likeness (QED) is 0.342. The summed E-state index contributed by atoms with van der Waals surface area (Å²) < 4.78 is 70.7. The Kier molecular flexibility index (Phi) is 12.8. The first-order valence-corrected chi connectivity index (χ1v) is 4.77. The molecule has 0 atom stereocenters. The Bertz CT molecular complexity index is 328. The van der Waals surface area contributed by atoms with Gasteiger partial charge in [0.1, 0.15) is 24.2 Å². The van der Waals surface area contributed by atoms with E-state index < -0.39 is 23.8 Å². The Hall–Kier alpha value is -1.92. The van der Waals surface area contributed by atoms with Crippen molar-refractivity contribution in [3.63, 3.8) is 0 Å². The minimum Gasteiger partial charge on any atom is -0.467 e. The van der Waals surface area contributed by atoms with Crippen molar-refractivity contribution in [1.29, 1.82) is 0 Å². The average Bonchev–Trinajstić information content (AvgIpc) is 2.30. The van der Waals surface area contributed by atoms with Crippen molar-refractivity contribution in [2.24, 2.45) is 0 Å². The second-order valence-electron chi connectivity index (χ2n) is 2.77. The molecule has 1 nitrogen and oxygen atoms in total. The molecule has 0 aromatic rings. The van der Waals surface area contributed by atoms with Gasteiger partial charge in [0.15, 0.2) is 0 Å². The Labute approximate surface area is 106 Å². The summed E-state index contributed by atoms with van der Waals surface area (Å²) in [5.41, 5.74) is 0. The van der Waals surface area contributed by atoms with Gasteiger partial charge < -0.3 is 4.74 Å². The summed E-state index contributed by atoms with van der Waals surface area (Å²) in [7, 11) is 0. The van der Waals surface area contributed by atoms with Crippen LogP contribution in [-0.2, 0) is 4.74 Å². The molecule has 7 heteroatoms. The fourth-order valence-corrected chi connectivity index (χ4v) is 0.554. The van der Waals surface area contributed by atoms with Gasteiger partial charge in [-0.15, -0.1) is 13.2 Å². The smallest absolute Gasteiger partial charge is 0.334 e. The standard InChI is InChI=1S/C10H12F2O.C2F4/c1-3-5-9(11)7-13-8-10(12)6-4-2;3-1(4)2(5)6/h3-4,7-8H,1-2,5-6H2;. The van der Waals surface area contributed by atoms with Gasteiger partial charge in [0.05, 0.1) is 0 Å². The van der Waals surface area contributed by atoms with Crippen molar-refractivity contribution >= 4 is 0 Å². The zero-order valence-electron chi connectivity index (χ0n) is 9.81. The third-order valence-corrected chi connectivity index (χ3v) is 1.21. The summed E-state index contributed by atoms with van der Waals surface area (Å²) in [5.74, 6) is -1.00. The molecule has 19 heavy (non-hydrogen) atoms. The molecule has 0 amide bonds. The molecule has 0 aromatic heterocycles. The number of hydrogen-bond donors (Lipinski definition) is 0. The highest BCUT2D eigenvalue weighted by atomic mass is 19.3. The van der Waals surface area contributed by atoms with Gasteiger partial charge in [-0.3, -0.25) is 0 Å². The topological polar surface area (TPSA) is 9.23 Å². The minimum atomic E-state index is -2.91. The van der Waals surface area contributed by atoms with Gasteiger partial charge in [0, 0.05) is 12.8 Å².